The van der Waals surface area contributed by atoms with E-state index in [1.165, 1.54) is 0 Å². The molecule has 0 unspecified atom stereocenters. The van der Waals surface area contributed by atoms with Gasteiger partial charge in [0.2, 0.25) is 0 Å². The summed E-state index contributed by atoms with van der Waals surface area (Å²) in [5, 5.41) is 0. The minimum absolute atomic E-state index is 0.140. The Morgan fingerprint density at radius 3 is 1.66 bits per heavy atom. The molecular weight excluding hydrogens is 380 g/mol. The molecular formula is C21H18O8. The van der Waals surface area contributed by atoms with Gasteiger partial charge in [-0.25, -0.2) is 19.2 Å². The summed E-state index contributed by atoms with van der Waals surface area (Å²) in [4.78, 5) is 50.7. The SMILES string of the molecule is COC(=O)c1c2c(c(C(=O)OC)c(C(=O)OC)c1C(=O)OC)-c1ccccc1C2. The summed E-state index contributed by atoms with van der Waals surface area (Å²) in [5.41, 5.74) is 1.09. The Morgan fingerprint density at radius 2 is 1.10 bits per heavy atom. The van der Waals surface area contributed by atoms with Gasteiger partial charge in [0.25, 0.3) is 0 Å². The van der Waals surface area contributed by atoms with E-state index < -0.39 is 35.0 Å². The Hall–Kier alpha value is -3.68. The maximum atomic E-state index is 12.7. The maximum Gasteiger partial charge on any atom is 0.339 e. The first-order chi connectivity index (χ1) is 13.9. The molecule has 0 heterocycles. The van der Waals surface area contributed by atoms with Crippen LogP contribution in [-0.2, 0) is 25.4 Å². The molecule has 0 amide bonds. The number of carbonyl (C=O) groups excluding carboxylic acids is 4. The molecule has 8 nitrogen and oxygen atoms in total. The molecule has 0 saturated carbocycles. The summed E-state index contributed by atoms with van der Waals surface area (Å²) in [6, 6.07) is 7.16. The fraction of sp³-hybridized carbons (Fsp3) is 0.238. The molecule has 0 fully saturated rings. The van der Waals surface area contributed by atoms with Gasteiger partial charge in [-0.1, -0.05) is 24.3 Å². The number of hydrogen-bond donors (Lipinski definition) is 0. The van der Waals surface area contributed by atoms with Gasteiger partial charge in [-0.15, -0.1) is 0 Å². The lowest BCUT2D eigenvalue weighted by Crippen LogP contribution is -2.24. The van der Waals surface area contributed by atoms with Crippen LogP contribution in [0.1, 0.15) is 52.6 Å². The minimum atomic E-state index is -0.983. The first-order valence-electron chi connectivity index (χ1n) is 8.55. The zero-order valence-electron chi connectivity index (χ0n) is 16.3. The normalized spacial score (nSPS) is 11.2. The lowest BCUT2D eigenvalue weighted by molar-refractivity contribution is 0.0521. The number of hydrogen-bond acceptors (Lipinski definition) is 8. The van der Waals surface area contributed by atoms with Crippen LogP contribution in [0.5, 0.6) is 0 Å². The number of methoxy groups -OCH3 is 4. The van der Waals surface area contributed by atoms with E-state index in [0.717, 1.165) is 34.0 Å². The summed E-state index contributed by atoms with van der Waals surface area (Å²) in [6.07, 6.45) is 0.255. The highest BCUT2D eigenvalue weighted by Gasteiger charge is 2.40. The molecule has 0 aromatic heterocycles. The molecule has 1 aliphatic rings. The number of fused-ring (bicyclic) bond motifs is 3. The lowest BCUT2D eigenvalue weighted by Gasteiger charge is -2.19. The number of benzene rings is 2. The molecule has 0 spiro atoms. The standard InChI is InChI=1S/C21H18O8/c1-26-18(22)14-12-9-10-7-5-6-8-11(10)13(12)15(19(23)27-2)17(21(25)29-4)16(14)20(24)28-3/h5-8H,9H2,1-4H3. The van der Waals surface area contributed by atoms with Crippen molar-refractivity contribution in [2.24, 2.45) is 0 Å². The first-order valence-corrected chi connectivity index (χ1v) is 8.55. The Morgan fingerprint density at radius 1 is 0.655 bits per heavy atom. The largest absolute Gasteiger partial charge is 0.465 e. The molecule has 2 aromatic rings. The van der Waals surface area contributed by atoms with Gasteiger partial charge in [0.15, 0.2) is 0 Å². The Labute approximate surface area is 166 Å². The van der Waals surface area contributed by atoms with Gasteiger partial charge in [-0.2, -0.15) is 0 Å². The molecule has 0 bridgehead atoms. The maximum absolute atomic E-state index is 12.7. The highest BCUT2D eigenvalue weighted by Crippen LogP contribution is 2.44. The number of carbonyl (C=O) groups is 4. The molecule has 150 valence electrons. The predicted molar refractivity (Wildman–Crippen MR) is 100 cm³/mol. The van der Waals surface area contributed by atoms with Crippen molar-refractivity contribution in [2.75, 3.05) is 28.4 Å². The van der Waals surface area contributed by atoms with E-state index in [4.69, 9.17) is 18.9 Å². The van der Waals surface area contributed by atoms with E-state index in [2.05, 4.69) is 0 Å². The molecule has 8 heteroatoms. The van der Waals surface area contributed by atoms with E-state index >= 15 is 0 Å². The predicted octanol–water partition coefficient (Wildman–Crippen LogP) is 2.40. The van der Waals surface area contributed by atoms with Gasteiger partial charge < -0.3 is 18.9 Å². The van der Waals surface area contributed by atoms with Crippen LogP contribution < -0.4 is 0 Å². The smallest absolute Gasteiger partial charge is 0.339 e. The van der Waals surface area contributed by atoms with Crippen molar-refractivity contribution in [1.82, 2.24) is 0 Å². The van der Waals surface area contributed by atoms with Crippen molar-refractivity contribution in [3.8, 4) is 11.1 Å². The second-order valence-corrected chi connectivity index (χ2v) is 6.15. The van der Waals surface area contributed by atoms with Crippen molar-refractivity contribution in [3.05, 3.63) is 57.6 Å². The van der Waals surface area contributed by atoms with Crippen molar-refractivity contribution in [2.45, 2.75) is 6.42 Å². The highest BCUT2D eigenvalue weighted by atomic mass is 16.5. The zero-order chi connectivity index (χ0) is 21.3. The zero-order valence-corrected chi connectivity index (χ0v) is 16.3. The van der Waals surface area contributed by atoms with Crippen LogP contribution in [0, 0.1) is 0 Å². The third-order valence-corrected chi connectivity index (χ3v) is 4.82. The Kier molecular flexibility index (Phi) is 5.36. The molecule has 0 radical (unpaired) electrons. The molecule has 3 rings (SSSR count). The summed E-state index contributed by atoms with van der Waals surface area (Å²) in [6.45, 7) is 0. The number of esters is 4. The van der Waals surface area contributed by atoms with Crippen molar-refractivity contribution in [1.29, 1.82) is 0 Å². The van der Waals surface area contributed by atoms with Crippen molar-refractivity contribution in [3.63, 3.8) is 0 Å². The first kappa shape index (κ1) is 20.1. The minimum Gasteiger partial charge on any atom is -0.465 e. The topological polar surface area (TPSA) is 105 Å². The Balaban J connectivity index is 2.60. The summed E-state index contributed by atoms with van der Waals surface area (Å²) < 4.78 is 19.4. The molecule has 29 heavy (non-hydrogen) atoms. The molecule has 1 aliphatic carbocycles. The van der Waals surface area contributed by atoms with Crippen LogP contribution >= 0.6 is 0 Å². The van der Waals surface area contributed by atoms with Gasteiger partial charge >= 0.3 is 23.9 Å². The van der Waals surface area contributed by atoms with Crippen molar-refractivity contribution >= 4 is 23.9 Å². The average molecular weight is 398 g/mol. The third kappa shape index (κ3) is 3.02. The molecule has 0 atom stereocenters. The second kappa shape index (κ2) is 7.75. The monoisotopic (exact) mass is 398 g/mol. The van der Waals surface area contributed by atoms with Crippen LogP contribution in [0.4, 0.5) is 0 Å². The van der Waals surface area contributed by atoms with Crippen LogP contribution in [0.3, 0.4) is 0 Å². The fourth-order valence-corrected chi connectivity index (χ4v) is 3.63. The van der Waals surface area contributed by atoms with Crippen LogP contribution in [0.2, 0.25) is 0 Å². The fourth-order valence-electron chi connectivity index (χ4n) is 3.63. The van der Waals surface area contributed by atoms with Gasteiger partial charge in [0.1, 0.15) is 0 Å². The second-order valence-electron chi connectivity index (χ2n) is 6.15. The Bertz CT molecular complexity index is 1050. The number of rotatable bonds is 4. The van der Waals surface area contributed by atoms with E-state index in [0.29, 0.717) is 16.7 Å². The average Bonchev–Trinajstić information content (AvgIpc) is 3.14. The van der Waals surface area contributed by atoms with E-state index in [-0.39, 0.29) is 17.5 Å². The third-order valence-electron chi connectivity index (χ3n) is 4.82. The summed E-state index contributed by atoms with van der Waals surface area (Å²) in [5.74, 6) is -3.64. The number of ether oxygens (including phenoxy) is 4. The van der Waals surface area contributed by atoms with Gasteiger partial charge in [0.05, 0.1) is 50.7 Å². The van der Waals surface area contributed by atoms with E-state index in [1.807, 2.05) is 12.1 Å². The van der Waals surface area contributed by atoms with Gasteiger partial charge in [-0.3, -0.25) is 0 Å². The molecule has 2 aromatic carbocycles. The quantitative estimate of drug-likeness (QED) is 0.487. The molecule has 0 aliphatic heterocycles. The summed E-state index contributed by atoms with van der Waals surface area (Å²) >= 11 is 0. The van der Waals surface area contributed by atoms with Crippen LogP contribution in [0.15, 0.2) is 24.3 Å². The lowest BCUT2D eigenvalue weighted by atomic mass is 9.86. The van der Waals surface area contributed by atoms with E-state index in [9.17, 15) is 19.2 Å². The van der Waals surface area contributed by atoms with Crippen LogP contribution in [0.25, 0.3) is 11.1 Å². The van der Waals surface area contributed by atoms with Gasteiger partial charge in [0, 0.05) is 5.56 Å². The van der Waals surface area contributed by atoms with Crippen LogP contribution in [-0.4, -0.2) is 52.3 Å². The highest BCUT2D eigenvalue weighted by molar-refractivity contribution is 6.19. The van der Waals surface area contributed by atoms with E-state index in [1.54, 1.807) is 12.1 Å². The summed E-state index contributed by atoms with van der Waals surface area (Å²) in [7, 11) is 4.51. The van der Waals surface area contributed by atoms with Crippen molar-refractivity contribution < 1.29 is 38.1 Å². The molecule has 0 saturated heterocycles. The molecule has 0 N–H and O–H groups in total. The van der Waals surface area contributed by atoms with Gasteiger partial charge in [-0.05, 0) is 23.1 Å².